The number of halogens is 3. The number of benzene rings is 1. The van der Waals surface area contributed by atoms with Gasteiger partial charge >= 0.3 is 0 Å². The molecule has 0 saturated heterocycles. The second-order valence-corrected chi connectivity index (χ2v) is 6.35. The summed E-state index contributed by atoms with van der Waals surface area (Å²) in [5, 5.41) is 5.81. The van der Waals surface area contributed by atoms with Gasteiger partial charge in [-0.2, -0.15) is 0 Å². The number of thiazole rings is 1. The van der Waals surface area contributed by atoms with Gasteiger partial charge < -0.3 is 5.32 Å². The van der Waals surface area contributed by atoms with Gasteiger partial charge in [-0.15, -0.1) is 11.3 Å². The summed E-state index contributed by atoms with van der Waals surface area (Å²) in [6.07, 6.45) is 0. The number of hydrogen-bond acceptors (Lipinski definition) is 3. The number of hydrogen-bond donors (Lipinski definition) is 1. The summed E-state index contributed by atoms with van der Waals surface area (Å²) in [5.74, 6) is 0. The van der Waals surface area contributed by atoms with Crippen molar-refractivity contribution < 1.29 is 0 Å². The van der Waals surface area contributed by atoms with Crippen LogP contribution in [0, 0.1) is 13.8 Å². The molecule has 1 aromatic heterocycles. The van der Waals surface area contributed by atoms with Crippen LogP contribution < -0.4 is 5.32 Å². The van der Waals surface area contributed by atoms with E-state index >= 15 is 0 Å². The Balaban J connectivity index is 2.15. The average Bonchev–Trinajstić information content (AvgIpc) is 2.61. The molecular formula is C12H11Cl3N2S. The number of nitrogens with zero attached hydrogens (tertiary/aromatic N) is 1. The molecule has 0 amide bonds. The van der Waals surface area contributed by atoms with E-state index in [0.717, 1.165) is 16.4 Å². The molecule has 0 bridgehead atoms. The first-order valence-electron chi connectivity index (χ1n) is 5.28. The number of aromatic nitrogens is 1. The molecule has 1 N–H and O–H groups in total. The quantitative estimate of drug-likeness (QED) is 0.773. The fraction of sp³-hybridized carbons (Fsp3) is 0.250. The summed E-state index contributed by atoms with van der Waals surface area (Å²) in [5.41, 5.74) is 1.82. The van der Waals surface area contributed by atoms with Crippen LogP contribution in [-0.2, 0) is 6.54 Å². The van der Waals surface area contributed by atoms with Gasteiger partial charge in [-0.3, -0.25) is 0 Å². The lowest BCUT2D eigenvalue weighted by molar-refractivity contribution is 1.11. The highest BCUT2D eigenvalue weighted by atomic mass is 35.5. The summed E-state index contributed by atoms with van der Waals surface area (Å²) in [4.78, 5) is 5.57. The van der Waals surface area contributed by atoms with Gasteiger partial charge in [0.05, 0.1) is 38.0 Å². The summed E-state index contributed by atoms with van der Waals surface area (Å²) >= 11 is 19.6. The van der Waals surface area contributed by atoms with Crippen LogP contribution in [0.5, 0.6) is 0 Å². The van der Waals surface area contributed by atoms with Gasteiger partial charge in [-0.25, -0.2) is 4.98 Å². The molecule has 0 atom stereocenters. The van der Waals surface area contributed by atoms with Crippen LogP contribution >= 0.6 is 46.1 Å². The Morgan fingerprint density at radius 2 is 1.78 bits per heavy atom. The smallest absolute Gasteiger partial charge is 0.0900 e. The molecule has 0 radical (unpaired) electrons. The van der Waals surface area contributed by atoms with Crippen molar-refractivity contribution in [1.82, 2.24) is 4.98 Å². The molecule has 96 valence electrons. The second-order valence-electron chi connectivity index (χ2n) is 3.84. The Hall–Kier alpha value is -0.480. The van der Waals surface area contributed by atoms with E-state index in [1.165, 1.54) is 4.88 Å². The topological polar surface area (TPSA) is 24.9 Å². The Labute approximate surface area is 125 Å². The van der Waals surface area contributed by atoms with Gasteiger partial charge in [-0.1, -0.05) is 34.8 Å². The van der Waals surface area contributed by atoms with Crippen molar-refractivity contribution in [2.24, 2.45) is 0 Å². The van der Waals surface area contributed by atoms with Gasteiger partial charge in [0, 0.05) is 4.88 Å². The SMILES string of the molecule is Cc1nc(C)c(CNc2cc(Cl)c(Cl)cc2Cl)s1. The number of nitrogens with one attached hydrogen (secondary N) is 1. The van der Waals surface area contributed by atoms with Gasteiger partial charge in [0.1, 0.15) is 0 Å². The number of anilines is 1. The molecule has 0 saturated carbocycles. The standard InChI is InChI=1S/C12H11Cl3N2S/c1-6-12(18-7(2)17-6)5-16-11-4-9(14)8(13)3-10(11)15/h3-4,16H,5H2,1-2H3. The third kappa shape index (κ3) is 3.09. The average molecular weight is 322 g/mol. The summed E-state index contributed by atoms with van der Waals surface area (Å²) in [7, 11) is 0. The molecule has 0 spiro atoms. The Kier molecular flexibility index (Phi) is 4.38. The van der Waals surface area contributed by atoms with Crippen LogP contribution in [0.4, 0.5) is 5.69 Å². The Morgan fingerprint density at radius 1 is 1.11 bits per heavy atom. The Morgan fingerprint density at radius 3 is 2.39 bits per heavy atom. The van der Waals surface area contributed by atoms with Crippen molar-refractivity contribution in [3.63, 3.8) is 0 Å². The zero-order chi connectivity index (χ0) is 13.3. The highest BCUT2D eigenvalue weighted by molar-refractivity contribution is 7.11. The first-order valence-corrected chi connectivity index (χ1v) is 7.23. The van der Waals surface area contributed by atoms with E-state index in [1.807, 2.05) is 13.8 Å². The van der Waals surface area contributed by atoms with E-state index < -0.39 is 0 Å². The minimum absolute atomic E-state index is 0.456. The highest BCUT2D eigenvalue weighted by Crippen LogP contribution is 2.32. The minimum atomic E-state index is 0.456. The van der Waals surface area contributed by atoms with Crippen LogP contribution in [0.25, 0.3) is 0 Å². The van der Waals surface area contributed by atoms with Crippen LogP contribution in [0.1, 0.15) is 15.6 Å². The summed E-state index contributed by atoms with van der Waals surface area (Å²) in [6, 6.07) is 3.37. The van der Waals surface area contributed by atoms with Crippen LogP contribution in [-0.4, -0.2) is 4.98 Å². The maximum absolute atomic E-state index is 6.09. The van der Waals surface area contributed by atoms with Crippen molar-refractivity contribution in [1.29, 1.82) is 0 Å². The zero-order valence-electron chi connectivity index (χ0n) is 9.85. The molecule has 0 unspecified atom stereocenters. The maximum atomic E-state index is 6.09. The van der Waals surface area contributed by atoms with E-state index in [0.29, 0.717) is 21.6 Å². The monoisotopic (exact) mass is 320 g/mol. The van der Waals surface area contributed by atoms with E-state index in [1.54, 1.807) is 23.5 Å². The second kappa shape index (κ2) is 5.66. The molecule has 2 rings (SSSR count). The largest absolute Gasteiger partial charge is 0.379 e. The van der Waals surface area contributed by atoms with Crippen molar-refractivity contribution in [2.75, 3.05) is 5.32 Å². The van der Waals surface area contributed by atoms with E-state index in [2.05, 4.69) is 10.3 Å². The molecule has 2 aromatic rings. The summed E-state index contributed by atoms with van der Waals surface area (Å²) in [6.45, 7) is 4.67. The minimum Gasteiger partial charge on any atom is -0.379 e. The van der Waals surface area contributed by atoms with Gasteiger partial charge in [-0.05, 0) is 26.0 Å². The number of rotatable bonds is 3. The molecule has 0 aliphatic carbocycles. The lowest BCUT2D eigenvalue weighted by Gasteiger charge is -2.09. The molecule has 0 fully saturated rings. The van der Waals surface area contributed by atoms with Crippen LogP contribution in [0.3, 0.4) is 0 Å². The predicted molar refractivity (Wildman–Crippen MR) is 80.4 cm³/mol. The summed E-state index contributed by atoms with van der Waals surface area (Å²) < 4.78 is 0. The van der Waals surface area contributed by atoms with Gasteiger partial charge in [0.15, 0.2) is 0 Å². The van der Waals surface area contributed by atoms with Crippen LogP contribution in [0.2, 0.25) is 15.1 Å². The highest BCUT2D eigenvalue weighted by Gasteiger charge is 2.08. The number of aryl methyl sites for hydroxylation is 2. The lowest BCUT2D eigenvalue weighted by atomic mass is 10.3. The van der Waals surface area contributed by atoms with Crippen molar-refractivity contribution in [3.8, 4) is 0 Å². The zero-order valence-corrected chi connectivity index (χ0v) is 12.9. The molecular weight excluding hydrogens is 311 g/mol. The molecule has 1 aromatic carbocycles. The van der Waals surface area contributed by atoms with Gasteiger partial charge in [0.25, 0.3) is 0 Å². The molecule has 1 heterocycles. The third-order valence-electron chi connectivity index (χ3n) is 2.45. The lowest BCUT2D eigenvalue weighted by Crippen LogP contribution is -1.99. The molecule has 6 heteroatoms. The molecule has 18 heavy (non-hydrogen) atoms. The fourth-order valence-corrected chi connectivity index (χ4v) is 3.06. The Bertz CT molecular complexity index is 581. The predicted octanol–water partition coefficient (Wildman–Crippen LogP) is 5.33. The van der Waals surface area contributed by atoms with Crippen molar-refractivity contribution in [3.05, 3.63) is 42.8 Å². The van der Waals surface area contributed by atoms with E-state index in [4.69, 9.17) is 34.8 Å². The first kappa shape index (κ1) is 13.9. The molecule has 0 aliphatic rings. The fourth-order valence-electron chi connectivity index (χ4n) is 1.57. The van der Waals surface area contributed by atoms with Crippen LogP contribution in [0.15, 0.2) is 12.1 Å². The normalized spacial score (nSPS) is 10.7. The molecule has 2 nitrogen and oxygen atoms in total. The van der Waals surface area contributed by atoms with Crippen molar-refractivity contribution in [2.45, 2.75) is 20.4 Å². The third-order valence-corrected chi connectivity index (χ3v) is 4.56. The first-order chi connectivity index (χ1) is 8.47. The van der Waals surface area contributed by atoms with Crippen molar-refractivity contribution >= 4 is 51.8 Å². The van der Waals surface area contributed by atoms with Gasteiger partial charge in [0.2, 0.25) is 0 Å². The maximum Gasteiger partial charge on any atom is 0.0900 e. The van der Waals surface area contributed by atoms with E-state index in [-0.39, 0.29) is 0 Å². The molecule has 0 aliphatic heterocycles. The van der Waals surface area contributed by atoms with E-state index in [9.17, 15) is 0 Å².